The summed E-state index contributed by atoms with van der Waals surface area (Å²) >= 11 is 0. The summed E-state index contributed by atoms with van der Waals surface area (Å²) in [4.78, 5) is 42.6. The van der Waals surface area contributed by atoms with Gasteiger partial charge in [0.15, 0.2) is 0 Å². The zero-order valence-corrected chi connectivity index (χ0v) is 26.8. The number of alkyl carbamates (subject to hydrolysis) is 1. The molecule has 1 aromatic carbocycles. The van der Waals surface area contributed by atoms with Crippen molar-refractivity contribution in [1.82, 2.24) is 15.5 Å². The number of nitrogens with one attached hydrogen (secondary N) is 2. The minimum absolute atomic E-state index is 0.151. The van der Waals surface area contributed by atoms with Gasteiger partial charge in [-0.25, -0.2) is 4.79 Å². The lowest BCUT2D eigenvalue weighted by Crippen LogP contribution is -2.53. The lowest BCUT2D eigenvalue weighted by Gasteiger charge is -2.35. The van der Waals surface area contributed by atoms with Crippen LogP contribution in [0.1, 0.15) is 129 Å². The van der Waals surface area contributed by atoms with Crippen molar-refractivity contribution in [2.45, 2.75) is 138 Å². The first-order valence-electron chi connectivity index (χ1n) is 15.5. The van der Waals surface area contributed by atoms with Gasteiger partial charge in [0, 0.05) is 13.1 Å². The summed E-state index contributed by atoms with van der Waals surface area (Å²) in [6.45, 7) is 18.8. The van der Waals surface area contributed by atoms with Crippen molar-refractivity contribution in [2.24, 2.45) is 5.92 Å². The summed E-state index contributed by atoms with van der Waals surface area (Å²) < 4.78 is 5.50. The summed E-state index contributed by atoms with van der Waals surface area (Å²) in [5.74, 6) is -0.276. The van der Waals surface area contributed by atoms with Crippen LogP contribution in [0.5, 0.6) is 0 Å². The minimum atomic E-state index is -0.799. The van der Waals surface area contributed by atoms with E-state index in [2.05, 4.69) is 24.5 Å². The Kier molecular flexibility index (Phi) is 15.9. The molecule has 0 aliphatic rings. The first kappa shape index (κ1) is 35.5. The van der Waals surface area contributed by atoms with Gasteiger partial charge in [-0.3, -0.25) is 9.59 Å². The van der Waals surface area contributed by atoms with Gasteiger partial charge in [0.1, 0.15) is 17.7 Å². The Balaban J connectivity index is 3.48. The summed E-state index contributed by atoms with van der Waals surface area (Å²) in [6, 6.07) is 4.40. The van der Waals surface area contributed by atoms with E-state index in [1.54, 1.807) is 25.7 Å². The highest BCUT2D eigenvalue weighted by Gasteiger charge is 2.36. The quantitative estimate of drug-likeness (QED) is 0.195. The summed E-state index contributed by atoms with van der Waals surface area (Å²) in [6.07, 6.45) is 7.93. The molecule has 2 N–H and O–H groups in total. The number of ether oxygens (including phenoxy) is 1. The zero-order valence-electron chi connectivity index (χ0n) is 26.8. The maximum atomic E-state index is 14.3. The average molecular weight is 560 g/mol. The smallest absolute Gasteiger partial charge is 0.408 e. The van der Waals surface area contributed by atoms with Crippen LogP contribution in [0, 0.1) is 19.8 Å². The highest BCUT2D eigenvalue weighted by Crippen LogP contribution is 2.26. The number of hydrogen-bond donors (Lipinski definition) is 2. The van der Waals surface area contributed by atoms with E-state index < -0.39 is 23.8 Å². The van der Waals surface area contributed by atoms with Gasteiger partial charge in [-0.1, -0.05) is 84.4 Å². The topological polar surface area (TPSA) is 87.7 Å². The third kappa shape index (κ3) is 13.2. The van der Waals surface area contributed by atoms with Crippen LogP contribution in [0.25, 0.3) is 0 Å². The van der Waals surface area contributed by atoms with Gasteiger partial charge in [-0.15, -0.1) is 0 Å². The van der Waals surface area contributed by atoms with Gasteiger partial charge in [0.25, 0.3) is 0 Å². The Morgan fingerprint density at radius 3 is 2.10 bits per heavy atom. The fourth-order valence-corrected chi connectivity index (χ4v) is 4.69. The summed E-state index contributed by atoms with van der Waals surface area (Å²) in [5, 5.41) is 5.94. The van der Waals surface area contributed by atoms with E-state index in [-0.39, 0.29) is 17.7 Å². The van der Waals surface area contributed by atoms with Crippen molar-refractivity contribution in [3.8, 4) is 0 Å². The molecule has 2 unspecified atom stereocenters. The van der Waals surface area contributed by atoms with E-state index in [9.17, 15) is 14.4 Å². The van der Waals surface area contributed by atoms with Crippen molar-refractivity contribution in [3.05, 3.63) is 34.9 Å². The first-order valence-corrected chi connectivity index (χ1v) is 15.5. The Morgan fingerprint density at radius 2 is 1.52 bits per heavy atom. The fraction of sp³-hybridized carbons (Fsp3) is 0.727. The van der Waals surface area contributed by atoms with Gasteiger partial charge in [-0.2, -0.15) is 0 Å². The number of unbranched alkanes of at least 4 members (excludes halogenated alkanes) is 6. The fourth-order valence-electron chi connectivity index (χ4n) is 4.69. The maximum absolute atomic E-state index is 14.3. The second-order valence-electron chi connectivity index (χ2n) is 12.5. The molecule has 0 aromatic heterocycles. The Bertz CT molecular complexity index is 923. The van der Waals surface area contributed by atoms with Crippen LogP contribution in [0.15, 0.2) is 18.2 Å². The van der Waals surface area contributed by atoms with E-state index in [0.29, 0.717) is 19.5 Å². The van der Waals surface area contributed by atoms with Crippen molar-refractivity contribution in [2.75, 3.05) is 13.1 Å². The molecule has 2 atom stereocenters. The molecular weight excluding hydrogens is 502 g/mol. The van der Waals surface area contributed by atoms with Crippen LogP contribution >= 0.6 is 0 Å². The van der Waals surface area contributed by atoms with Crippen molar-refractivity contribution in [1.29, 1.82) is 0 Å². The second-order valence-corrected chi connectivity index (χ2v) is 12.5. The number of amides is 3. The molecule has 1 rings (SSSR count). The molecular formula is C33H57N3O4. The normalized spacial score (nSPS) is 13.1. The number of rotatable bonds is 17. The zero-order chi connectivity index (χ0) is 30.3. The van der Waals surface area contributed by atoms with Crippen LogP contribution in [0.2, 0.25) is 0 Å². The number of hydrogen-bond acceptors (Lipinski definition) is 4. The van der Waals surface area contributed by atoms with Crippen LogP contribution in [0.3, 0.4) is 0 Å². The number of aryl methyl sites for hydroxylation is 2. The molecule has 0 fully saturated rings. The molecule has 228 valence electrons. The monoisotopic (exact) mass is 559 g/mol. The third-order valence-corrected chi connectivity index (χ3v) is 6.97. The van der Waals surface area contributed by atoms with Crippen molar-refractivity contribution >= 4 is 17.9 Å². The van der Waals surface area contributed by atoms with Crippen LogP contribution in [-0.4, -0.2) is 47.5 Å². The molecule has 0 heterocycles. The molecule has 7 nitrogen and oxygen atoms in total. The molecule has 0 aliphatic carbocycles. The molecule has 3 amide bonds. The largest absolute Gasteiger partial charge is 0.444 e. The SMILES string of the molecule is CCCCCCCN(C(=O)C(CC(C)C)NC(=O)OC(C)(C)C)C(C(=O)NCCCCC)c1ccc(C)c(C)c1. The molecule has 1 aromatic rings. The molecule has 0 saturated heterocycles. The van der Waals surface area contributed by atoms with E-state index in [4.69, 9.17) is 4.74 Å². The third-order valence-electron chi connectivity index (χ3n) is 6.97. The van der Waals surface area contributed by atoms with Gasteiger partial charge in [0.05, 0.1) is 0 Å². The van der Waals surface area contributed by atoms with E-state index >= 15 is 0 Å². The maximum Gasteiger partial charge on any atom is 0.408 e. The number of benzene rings is 1. The molecule has 0 saturated carbocycles. The van der Waals surface area contributed by atoms with Crippen LogP contribution < -0.4 is 10.6 Å². The summed E-state index contributed by atoms with van der Waals surface area (Å²) in [7, 11) is 0. The molecule has 0 aliphatic heterocycles. The Hall–Kier alpha value is -2.57. The summed E-state index contributed by atoms with van der Waals surface area (Å²) in [5.41, 5.74) is 2.31. The highest BCUT2D eigenvalue weighted by atomic mass is 16.6. The van der Waals surface area contributed by atoms with Crippen molar-refractivity contribution in [3.63, 3.8) is 0 Å². The number of carbonyl (C=O) groups is 3. The van der Waals surface area contributed by atoms with Gasteiger partial charge < -0.3 is 20.3 Å². The lowest BCUT2D eigenvalue weighted by atomic mass is 9.96. The van der Waals surface area contributed by atoms with Gasteiger partial charge in [-0.05, 0) is 76.5 Å². The molecule has 0 radical (unpaired) electrons. The average Bonchev–Trinajstić information content (AvgIpc) is 2.85. The number of carbonyl (C=O) groups excluding carboxylic acids is 3. The second kappa shape index (κ2) is 18.0. The standard InChI is InChI=1S/C33H57N3O4/c1-10-12-14-15-17-21-36(31(38)28(22-24(3)4)35-32(39)40-33(7,8)9)29(30(37)34-20-16-13-11-2)27-19-18-25(5)26(6)23-27/h18-19,23-24,28-29H,10-17,20-22H2,1-9H3,(H,34,37)(H,35,39). The Labute approximate surface area is 244 Å². The van der Waals surface area contributed by atoms with Gasteiger partial charge >= 0.3 is 6.09 Å². The van der Waals surface area contributed by atoms with E-state index in [1.165, 1.54) is 0 Å². The molecule has 0 spiro atoms. The number of nitrogens with zero attached hydrogens (tertiary/aromatic N) is 1. The van der Waals surface area contributed by atoms with Gasteiger partial charge in [0.2, 0.25) is 11.8 Å². The molecule has 40 heavy (non-hydrogen) atoms. The first-order chi connectivity index (χ1) is 18.8. The van der Waals surface area contributed by atoms with Crippen LogP contribution in [-0.2, 0) is 14.3 Å². The molecule has 0 bridgehead atoms. The van der Waals surface area contributed by atoms with E-state index in [1.807, 2.05) is 45.9 Å². The predicted octanol–water partition coefficient (Wildman–Crippen LogP) is 7.39. The lowest BCUT2D eigenvalue weighted by molar-refractivity contribution is -0.143. The van der Waals surface area contributed by atoms with E-state index in [0.717, 1.165) is 68.1 Å². The minimum Gasteiger partial charge on any atom is -0.444 e. The van der Waals surface area contributed by atoms with Crippen LogP contribution in [0.4, 0.5) is 4.79 Å². The Morgan fingerprint density at radius 1 is 0.900 bits per heavy atom. The highest BCUT2D eigenvalue weighted by molar-refractivity contribution is 5.92. The predicted molar refractivity (Wildman–Crippen MR) is 164 cm³/mol. The molecule has 7 heteroatoms. The van der Waals surface area contributed by atoms with Crippen molar-refractivity contribution < 1.29 is 19.1 Å².